The van der Waals surface area contributed by atoms with Gasteiger partial charge >= 0.3 is 5.97 Å². The minimum Gasteiger partial charge on any atom is -0.478 e. The maximum absolute atomic E-state index is 11.5. The number of amides is 1. The number of carboxylic acids is 1. The largest absolute Gasteiger partial charge is 0.478 e. The average molecular weight is 236 g/mol. The smallest absolute Gasteiger partial charge is 0.335 e. The number of carbonyl (C=O) groups is 2. The van der Waals surface area contributed by atoms with Gasteiger partial charge in [0.25, 0.3) is 0 Å². The van der Waals surface area contributed by atoms with Crippen LogP contribution in [0.25, 0.3) is 0 Å². The summed E-state index contributed by atoms with van der Waals surface area (Å²) in [5, 5.41) is 14.4. The Morgan fingerprint density at radius 2 is 1.88 bits per heavy atom. The molecule has 92 valence electrons. The summed E-state index contributed by atoms with van der Waals surface area (Å²) in [6.45, 7) is 0.797. The van der Waals surface area contributed by atoms with Crippen molar-refractivity contribution in [3.8, 4) is 0 Å². The molecule has 17 heavy (non-hydrogen) atoms. The molecule has 1 rings (SSSR count). The van der Waals surface area contributed by atoms with Crippen LogP contribution in [-0.4, -0.2) is 30.6 Å². The predicted octanol–water partition coefficient (Wildman–Crippen LogP) is 1.32. The standard InChI is InChI=1S/C12H16N2O3/c1-13-8-2-3-11(15)14-10-6-4-9(5-7-10)12(16)17/h4-7,13H,2-3,8H2,1H3,(H,14,15)(H,16,17). The number of carboxylic acid groups (broad SMARTS) is 1. The molecule has 0 bridgehead atoms. The molecule has 0 aliphatic carbocycles. The van der Waals surface area contributed by atoms with Gasteiger partial charge in [-0.15, -0.1) is 0 Å². The second-order valence-corrected chi connectivity index (χ2v) is 3.64. The number of nitrogens with one attached hydrogen (secondary N) is 2. The van der Waals surface area contributed by atoms with Crippen molar-refractivity contribution in [1.29, 1.82) is 0 Å². The van der Waals surface area contributed by atoms with Crippen LogP contribution < -0.4 is 10.6 Å². The van der Waals surface area contributed by atoms with Gasteiger partial charge in [-0.25, -0.2) is 4.79 Å². The van der Waals surface area contributed by atoms with Gasteiger partial charge < -0.3 is 15.7 Å². The molecule has 5 heteroatoms. The molecule has 1 aromatic carbocycles. The first-order chi connectivity index (χ1) is 8.13. The summed E-state index contributed by atoms with van der Waals surface area (Å²) >= 11 is 0. The van der Waals surface area contributed by atoms with Crippen molar-refractivity contribution >= 4 is 17.6 Å². The van der Waals surface area contributed by atoms with Gasteiger partial charge in [0.2, 0.25) is 5.91 Å². The van der Waals surface area contributed by atoms with Crippen LogP contribution in [0.2, 0.25) is 0 Å². The first-order valence-electron chi connectivity index (χ1n) is 5.41. The van der Waals surface area contributed by atoms with E-state index in [2.05, 4.69) is 10.6 Å². The molecule has 0 spiro atoms. The molecular formula is C12H16N2O3. The highest BCUT2D eigenvalue weighted by Gasteiger charge is 2.04. The molecule has 0 unspecified atom stereocenters. The number of hydrogen-bond acceptors (Lipinski definition) is 3. The maximum atomic E-state index is 11.5. The van der Waals surface area contributed by atoms with Crippen molar-refractivity contribution in [1.82, 2.24) is 5.32 Å². The summed E-state index contributed by atoms with van der Waals surface area (Å²) in [7, 11) is 1.84. The molecule has 0 saturated carbocycles. The predicted molar refractivity (Wildman–Crippen MR) is 65.2 cm³/mol. The highest BCUT2D eigenvalue weighted by atomic mass is 16.4. The first-order valence-corrected chi connectivity index (χ1v) is 5.41. The van der Waals surface area contributed by atoms with Crippen LogP contribution in [0.3, 0.4) is 0 Å². The first kappa shape index (κ1) is 13.2. The van der Waals surface area contributed by atoms with Crippen LogP contribution in [0, 0.1) is 0 Å². The van der Waals surface area contributed by atoms with E-state index >= 15 is 0 Å². The van der Waals surface area contributed by atoms with Crippen molar-refractivity contribution in [2.45, 2.75) is 12.8 Å². The summed E-state index contributed by atoms with van der Waals surface area (Å²) in [5.74, 6) is -1.04. The van der Waals surface area contributed by atoms with Crippen LogP contribution in [0.15, 0.2) is 24.3 Å². The fourth-order valence-corrected chi connectivity index (χ4v) is 1.35. The third-order valence-corrected chi connectivity index (χ3v) is 2.25. The Morgan fingerprint density at radius 3 is 2.41 bits per heavy atom. The molecule has 0 saturated heterocycles. The lowest BCUT2D eigenvalue weighted by Crippen LogP contribution is -2.15. The van der Waals surface area contributed by atoms with Gasteiger partial charge in [0.05, 0.1) is 5.56 Å². The molecular weight excluding hydrogens is 220 g/mol. The Kier molecular flexibility index (Phi) is 5.16. The summed E-state index contributed by atoms with van der Waals surface area (Å²) < 4.78 is 0. The molecule has 0 aliphatic rings. The van der Waals surface area contributed by atoms with Gasteiger partial charge in [0, 0.05) is 12.1 Å². The third kappa shape index (κ3) is 4.65. The summed E-state index contributed by atoms with van der Waals surface area (Å²) in [4.78, 5) is 22.1. The summed E-state index contributed by atoms with van der Waals surface area (Å²) in [5.41, 5.74) is 0.822. The van der Waals surface area contributed by atoms with Crippen molar-refractivity contribution < 1.29 is 14.7 Å². The normalized spacial score (nSPS) is 9.94. The number of rotatable bonds is 6. The highest BCUT2D eigenvalue weighted by molar-refractivity contribution is 5.92. The zero-order valence-electron chi connectivity index (χ0n) is 9.69. The zero-order valence-corrected chi connectivity index (χ0v) is 9.69. The molecule has 0 fully saturated rings. The molecule has 0 radical (unpaired) electrons. The van der Waals surface area contributed by atoms with Crippen LogP contribution in [-0.2, 0) is 4.79 Å². The van der Waals surface area contributed by atoms with Gasteiger partial charge in [0.1, 0.15) is 0 Å². The molecule has 0 heterocycles. The van der Waals surface area contributed by atoms with Gasteiger partial charge in [-0.05, 0) is 44.3 Å². The summed E-state index contributed by atoms with van der Waals surface area (Å²) in [6.07, 6.45) is 1.22. The number of benzene rings is 1. The minimum atomic E-state index is -0.975. The lowest BCUT2D eigenvalue weighted by atomic mass is 10.2. The Balaban J connectivity index is 2.46. The number of carbonyl (C=O) groups excluding carboxylic acids is 1. The van der Waals surface area contributed by atoms with E-state index in [-0.39, 0.29) is 11.5 Å². The van der Waals surface area contributed by atoms with E-state index in [1.54, 1.807) is 12.1 Å². The molecule has 1 aromatic rings. The number of hydrogen-bond donors (Lipinski definition) is 3. The fourth-order valence-electron chi connectivity index (χ4n) is 1.35. The molecule has 5 nitrogen and oxygen atoms in total. The number of aromatic carboxylic acids is 1. The van der Waals surface area contributed by atoms with Gasteiger partial charge in [-0.1, -0.05) is 0 Å². The lowest BCUT2D eigenvalue weighted by Gasteiger charge is -2.05. The van der Waals surface area contributed by atoms with E-state index in [0.717, 1.165) is 13.0 Å². The van der Waals surface area contributed by atoms with E-state index in [1.807, 2.05) is 7.05 Å². The average Bonchev–Trinajstić information content (AvgIpc) is 2.30. The highest BCUT2D eigenvalue weighted by Crippen LogP contribution is 2.10. The third-order valence-electron chi connectivity index (χ3n) is 2.25. The minimum absolute atomic E-state index is 0.0664. The van der Waals surface area contributed by atoms with Crippen molar-refractivity contribution in [2.24, 2.45) is 0 Å². The van der Waals surface area contributed by atoms with Crippen LogP contribution in [0.5, 0.6) is 0 Å². The lowest BCUT2D eigenvalue weighted by molar-refractivity contribution is -0.116. The Bertz CT molecular complexity index is 387. The van der Waals surface area contributed by atoms with Gasteiger partial charge in [0.15, 0.2) is 0 Å². The topological polar surface area (TPSA) is 78.4 Å². The van der Waals surface area contributed by atoms with Gasteiger partial charge in [-0.2, -0.15) is 0 Å². The molecule has 3 N–H and O–H groups in total. The van der Waals surface area contributed by atoms with E-state index < -0.39 is 5.97 Å². The summed E-state index contributed by atoms with van der Waals surface area (Å²) in [6, 6.07) is 6.09. The Morgan fingerprint density at radius 1 is 1.24 bits per heavy atom. The monoisotopic (exact) mass is 236 g/mol. The number of anilines is 1. The van der Waals surface area contributed by atoms with Crippen molar-refractivity contribution in [3.63, 3.8) is 0 Å². The van der Waals surface area contributed by atoms with Crippen molar-refractivity contribution in [3.05, 3.63) is 29.8 Å². The van der Waals surface area contributed by atoms with Crippen LogP contribution in [0.4, 0.5) is 5.69 Å². The maximum Gasteiger partial charge on any atom is 0.335 e. The molecule has 0 aromatic heterocycles. The van der Waals surface area contributed by atoms with E-state index in [1.165, 1.54) is 12.1 Å². The van der Waals surface area contributed by atoms with Crippen LogP contribution >= 0.6 is 0 Å². The molecule has 0 atom stereocenters. The van der Waals surface area contributed by atoms with Crippen LogP contribution in [0.1, 0.15) is 23.2 Å². The zero-order chi connectivity index (χ0) is 12.7. The molecule has 0 aliphatic heterocycles. The second-order valence-electron chi connectivity index (χ2n) is 3.64. The van der Waals surface area contributed by atoms with E-state index in [9.17, 15) is 9.59 Å². The van der Waals surface area contributed by atoms with E-state index in [4.69, 9.17) is 5.11 Å². The fraction of sp³-hybridized carbons (Fsp3) is 0.333. The second kappa shape index (κ2) is 6.65. The Labute approximate surface area is 99.8 Å². The SMILES string of the molecule is CNCCCC(=O)Nc1ccc(C(=O)O)cc1. The quantitative estimate of drug-likeness (QED) is 0.651. The van der Waals surface area contributed by atoms with Gasteiger partial charge in [-0.3, -0.25) is 4.79 Å². The molecule has 1 amide bonds. The Hall–Kier alpha value is -1.88. The van der Waals surface area contributed by atoms with E-state index in [0.29, 0.717) is 12.1 Å². The van der Waals surface area contributed by atoms with Crippen molar-refractivity contribution in [2.75, 3.05) is 18.9 Å².